The first-order valence-electron chi connectivity index (χ1n) is 10.9. The molecule has 0 atom stereocenters. The summed E-state index contributed by atoms with van der Waals surface area (Å²) in [5.74, 6) is -0.149. The van der Waals surface area contributed by atoms with Gasteiger partial charge < -0.3 is 10.1 Å². The fourth-order valence-corrected chi connectivity index (χ4v) is 3.30. The van der Waals surface area contributed by atoms with E-state index in [4.69, 9.17) is 16.3 Å². The van der Waals surface area contributed by atoms with E-state index >= 15 is 0 Å². The molecule has 186 valence electrons. The number of rotatable bonds is 7. The SMILES string of the molecule is COc1nc(-c2ccc(C(C)C)cc2)nc(-c2cc(CNC(=O)C(C)(C)C(F)(F)F)ccc2Cl)n1. The summed E-state index contributed by atoms with van der Waals surface area (Å²) in [6, 6.07) is 12.7. The van der Waals surface area contributed by atoms with Crippen molar-refractivity contribution in [3.63, 3.8) is 0 Å². The number of carbonyl (C=O) groups excluding carboxylic acids is 1. The lowest BCUT2D eigenvalue weighted by Crippen LogP contribution is -2.46. The summed E-state index contributed by atoms with van der Waals surface area (Å²) in [5, 5.41) is 2.66. The van der Waals surface area contributed by atoms with Crippen LogP contribution in [0.2, 0.25) is 5.02 Å². The first-order chi connectivity index (χ1) is 16.3. The highest BCUT2D eigenvalue weighted by Crippen LogP contribution is 2.37. The topological polar surface area (TPSA) is 77.0 Å². The normalized spacial score (nSPS) is 12.1. The van der Waals surface area contributed by atoms with E-state index < -0.39 is 17.5 Å². The first-order valence-corrected chi connectivity index (χ1v) is 11.3. The van der Waals surface area contributed by atoms with Gasteiger partial charge in [0.15, 0.2) is 11.6 Å². The minimum absolute atomic E-state index is 0.0830. The van der Waals surface area contributed by atoms with Crippen LogP contribution in [-0.4, -0.2) is 34.1 Å². The van der Waals surface area contributed by atoms with Gasteiger partial charge in [-0.15, -0.1) is 0 Å². The Bertz CT molecular complexity index is 1210. The standard InChI is InChI=1S/C25H26ClF3N4O2/c1-14(2)16-7-9-17(10-8-16)20-31-21(33-23(32-20)35-5)18-12-15(6-11-19(18)26)13-30-22(34)24(3,4)25(27,28)29/h6-12,14H,13H2,1-5H3,(H,30,34). The quantitative estimate of drug-likeness (QED) is 0.413. The van der Waals surface area contributed by atoms with E-state index in [0.29, 0.717) is 27.9 Å². The molecule has 0 aliphatic carbocycles. The van der Waals surface area contributed by atoms with Gasteiger partial charge >= 0.3 is 12.2 Å². The second-order valence-electron chi connectivity index (χ2n) is 8.87. The lowest BCUT2D eigenvalue weighted by atomic mass is 9.91. The average molecular weight is 507 g/mol. The number of methoxy groups -OCH3 is 1. The maximum atomic E-state index is 13.1. The van der Waals surface area contributed by atoms with Gasteiger partial charge in [0.05, 0.1) is 12.1 Å². The van der Waals surface area contributed by atoms with Crippen LogP contribution >= 0.6 is 11.6 Å². The molecule has 10 heteroatoms. The highest BCUT2D eigenvalue weighted by molar-refractivity contribution is 6.33. The zero-order valence-corrected chi connectivity index (χ0v) is 20.8. The van der Waals surface area contributed by atoms with Gasteiger partial charge in [0.1, 0.15) is 5.41 Å². The molecule has 3 aromatic rings. The third kappa shape index (κ3) is 5.90. The molecule has 0 spiro atoms. The smallest absolute Gasteiger partial charge is 0.402 e. The molecular weight excluding hydrogens is 481 g/mol. The number of benzene rings is 2. The predicted octanol–water partition coefficient (Wildman–Crippen LogP) is 6.20. The largest absolute Gasteiger partial charge is 0.467 e. The minimum Gasteiger partial charge on any atom is -0.467 e. The van der Waals surface area contributed by atoms with Gasteiger partial charge in [-0.3, -0.25) is 4.79 Å². The van der Waals surface area contributed by atoms with Gasteiger partial charge in [-0.1, -0.05) is 55.8 Å². The second-order valence-corrected chi connectivity index (χ2v) is 9.27. The van der Waals surface area contributed by atoms with Crippen LogP contribution in [0.15, 0.2) is 42.5 Å². The van der Waals surface area contributed by atoms with E-state index in [0.717, 1.165) is 19.4 Å². The number of nitrogens with zero attached hydrogens (tertiary/aromatic N) is 3. The monoisotopic (exact) mass is 506 g/mol. The number of hydrogen-bond acceptors (Lipinski definition) is 5. The maximum Gasteiger partial charge on any atom is 0.402 e. The highest BCUT2D eigenvalue weighted by atomic mass is 35.5. The lowest BCUT2D eigenvalue weighted by Gasteiger charge is -2.26. The van der Waals surface area contributed by atoms with Crippen molar-refractivity contribution < 1.29 is 22.7 Å². The number of hydrogen-bond donors (Lipinski definition) is 1. The number of aromatic nitrogens is 3. The van der Waals surface area contributed by atoms with E-state index in [1.54, 1.807) is 18.2 Å². The van der Waals surface area contributed by atoms with Gasteiger partial charge in [-0.2, -0.15) is 23.1 Å². The van der Waals surface area contributed by atoms with E-state index in [1.807, 2.05) is 24.3 Å². The Balaban J connectivity index is 1.93. The molecule has 35 heavy (non-hydrogen) atoms. The third-order valence-electron chi connectivity index (χ3n) is 5.63. The van der Waals surface area contributed by atoms with Crippen LogP contribution in [0.1, 0.15) is 44.7 Å². The van der Waals surface area contributed by atoms with Crippen molar-refractivity contribution >= 4 is 17.5 Å². The Hall–Kier alpha value is -3.20. The number of amides is 1. The summed E-state index contributed by atoms with van der Waals surface area (Å²) in [6.07, 6.45) is -4.67. The fraction of sp³-hybridized carbons (Fsp3) is 0.360. The van der Waals surface area contributed by atoms with Crippen molar-refractivity contribution in [1.29, 1.82) is 0 Å². The first kappa shape index (κ1) is 26.4. The second kappa shape index (κ2) is 10.2. The Morgan fingerprint density at radius 2 is 1.66 bits per heavy atom. The molecule has 1 amide bonds. The summed E-state index contributed by atoms with van der Waals surface area (Å²) >= 11 is 6.40. The predicted molar refractivity (Wildman–Crippen MR) is 128 cm³/mol. The summed E-state index contributed by atoms with van der Waals surface area (Å²) in [4.78, 5) is 25.3. The summed E-state index contributed by atoms with van der Waals surface area (Å²) in [5.41, 5.74) is 0.350. The molecule has 0 aliphatic heterocycles. The van der Waals surface area contributed by atoms with E-state index in [-0.39, 0.29) is 18.4 Å². The van der Waals surface area contributed by atoms with Crippen molar-refractivity contribution in [3.8, 4) is 28.8 Å². The molecule has 0 radical (unpaired) electrons. The molecule has 0 fully saturated rings. The highest BCUT2D eigenvalue weighted by Gasteiger charge is 2.52. The Morgan fingerprint density at radius 3 is 2.23 bits per heavy atom. The zero-order chi connectivity index (χ0) is 26.0. The molecule has 1 aromatic heterocycles. The molecule has 0 saturated heterocycles. The average Bonchev–Trinajstić information content (AvgIpc) is 2.82. The Morgan fingerprint density at radius 1 is 1.03 bits per heavy atom. The number of halogens is 4. The molecule has 3 rings (SSSR count). The van der Waals surface area contributed by atoms with Crippen LogP contribution in [0.25, 0.3) is 22.8 Å². The van der Waals surface area contributed by atoms with Gasteiger partial charge in [0.2, 0.25) is 5.91 Å². The molecule has 6 nitrogen and oxygen atoms in total. The van der Waals surface area contributed by atoms with Crippen LogP contribution in [0.3, 0.4) is 0 Å². The van der Waals surface area contributed by atoms with Crippen molar-refractivity contribution in [3.05, 3.63) is 58.6 Å². The van der Waals surface area contributed by atoms with E-state index in [1.165, 1.54) is 12.7 Å². The van der Waals surface area contributed by atoms with Crippen molar-refractivity contribution in [2.24, 2.45) is 5.41 Å². The van der Waals surface area contributed by atoms with Crippen molar-refractivity contribution in [1.82, 2.24) is 20.3 Å². The molecular formula is C25H26ClF3N4O2. The van der Waals surface area contributed by atoms with Gasteiger partial charge in [0.25, 0.3) is 0 Å². The van der Waals surface area contributed by atoms with Crippen LogP contribution in [-0.2, 0) is 11.3 Å². The van der Waals surface area contributed by atoms with E-state index in [9.17, 15) is 18.0 Å². The number of ether oxygens (including phenoxy) is 1. The Labute approximate surface area is 206 Å². The summed E-state index contributed by atoms with van der Waals surface area (Å²) in [7, 11) is 1.43. The summed E-state index contributed by atoms with van der Waals surface area (Å²) < 4.78 is 44.7. The molecule has 1 heterocycles. The molecule has 0 saturated carbocycles. The molecule has 1 N–H and O–H groups in total. The van der Waals surface area contributed by atoms with Gasteiger partial charge in [0, 0.05) is 17.7 Å². The van der Waals surface area contributed by atoms with Crippen LogP contribution < -0.4 is 10.1 Å². The third-order valence-corrected chi connectivity index (χ3v) is 5.96. The molecule has 2 aromatic carbocycles. The lowest BCUT2D eigenvalue weighted by molar-refractivity contribution is -0.211. The Kier molecular flexibility index (Phi) is 7.69. The molecule has 0 unspecified atom stereocenters. The number of nitrogens with one attached hydrogen (secondary N) is 1. The fourth-order valence-electron chi connectivity index (χ4n) is 3.10. The van der Waals surface area contributed by atoms with Crippen LogP contribution in [0, 0.1) is 5.41 Å². The maximum absolute atomic E-state index is 13.1. The van der Waals surface area contributed by atoms with Crippen molar-refractivity contribution in [2.45, 2.75) is 46.3 Å². The van der Waals surface area contributed by atoms with Crippen molar-refractivity contribution in [2.75, 3.05) is 7.11 Å². The van der Waals surface area contributed by atoms with Gasteiger partial charge in [-0.25, -0.2) is 4.98 Å². The molecule has 0 bridgehead atoms. The van der Waals surface area contributed by atoms with Crippen LogP contribution in [0.5, 0.6) is 6.01 Å². The molecule has 0 aliphatic rings. The van der Waals surface area contributed by atoms with Crippen LogP contribution in [0.4, 0.5) is 13.2 Å². The number of alkyl halides is 3. The number of carbonyl (C=O) groups is 1. The zero-order valence-electron chi connectivity index (χ0n) is 20.0. The van der Waals surface area contributed by atoms with E-state index in [2.05, 4.69) is 34.1 Å². The minimum atomic E-state index is -4.67. The summed E-state index contributed by atoms with van der Waals surface area (Å²) in [6.45, 7) is 5.74. The van der Waals surface area contributed by atoms with Gasteiger partial charge in [-0.05, 0) is 43.0 Å².